The van der Waals surface area contributed by atoms with Crippen molar-refractivity contribution in [3.05, 3.63) is 64.7 Å². The number of benzene rings is 2. The molecule has 3 rings (SSSR count). The van der Waals surface area contributed by atoms with Crippen LogP contribution in [0.25, 0.3) is 0 Å². The van der Waals surface area contributed by atoms with Gasteiger partial charge in [-0.25, -0.2) is 8.42 Å². The summed E-state index contributed by atoms with van der Waals surface area (Å²) in [4.78, 5) is 15.0. The molecule has 1 aliphatic rings. The van der Waals surface area contributed by atoms with Gasteiger partial charge in [0.15, 0.2) is 0 Å². The SMILES string of the molecule is Cc1ccc(C(=O)NCc2ccccc2CN2CCCC2)cc1NS(C)(=O)=O. The van der Waals surface area contributed by atoms with Crippen molar-refractivity contribution >= 4 is 21.6 Å². The maximum Gasteiger partial charge on any atom is 0.251 e. The standard InChI is InChI=1S/C21H27N3O3S/c1-16-9-10-17(13-20(16)23-28(2,26)27)21(25)22-14-18-7-3-4-8-19(18)15-24-11-5-6-12-24/h3-4,7-10,13,23H,5-6,11-12,14-15H2,1-2H3,(H,22,25). The van der Waals surface area contributed by atoms with Crippen molar-refractivity contribution < 1.29 is 13.2 Å². The van der Waals surface area contributed by atoms with Gasteiger partial charge in [0.1, 0.15) is 0 Å². The number of nitrogens with zero attached hydrogens (tertiary/aromatic N) is 1. The number of likely N-dealkylation sites (tertiary alicyclic amines) is 1. The Morgan fingerprint density at radius 2 is 1.75 bits per heavy atom. The molecule has 1 saturated heterocycles. The lowest BCUT2D eigenvalue weighted by Crippen LogP contribution is -2.25. The normalized spacial score (nSPS) is 14.8. The van der Waals surface area contributed by atoms with Crippen LogP contribution in [0.3, 0.4) is 0 Å². The largest absolute Gasteiger partial charge is 0.348 e. The third-order valence-electron chi connectivity index (χ3n) is 4.95. The van der Waals surface area contributed by atoms with E-state index in [0.29, 0.717) is 17.8 Å². The van der Waals surface area contributed by atoms with Crippen molar-refractivity contribution in [2.24, 2.45) is 0 Å². The zero-order chi connectivity index (χ0) is 20.1. The van der Waals surface area contributed by atoms with Crippen LogP contribution in [0.5, 0.6) is 0 Å². The predicted octanol–water partition coefficient (Wildman–Crippen LogP) is 2.89. The maximum absolute atomic E-state index is 12.6. The fourth-order valence-corrected chi connectivity index (χ4v) is 4.04. The molecule has 0 atom stereocenters. The van der Waals surface area contributed by atoms with E-state index in [2.05, 4.69) is 21.0 Å². The number of nitrogens with one attached hydrogen (secondary N) is 2. The summed E-state index contributed by atoms with van der Waals surface area (Å²) in [5.74, 6) is -0.229. The van der Waals surface area contributed by atoms with Crippen molar-refractivity contribution in [2.75, 3.05) is 24.1 Å². The number of anilines is 1. The van der Waals surface area contributed by atoms with Crippen LogP contribution in [0, 0.1) is 6.92 Å². The molecule has 6 nitrogen and oxygen atoms in total. The number of hydrogen-bond donors (Lipinski definition) is 2. The average Bonchev–Trinajstić information content (AvgIpc) is 3.14. The van der Waals surface area contributed by atoms with Gasteiger partial charge in [0, 0.05) is 18.7 Å². The molecule has 7 heteroatoms. The summed E-state index contributed by atoms with van der Waals surface area (Å²) in [6, 6.07) is 13.2. The number of aryl methyl sites for hydroxylation is 1. The quantitative estimate of drug-likeness (QED) is 0.748. The third kappa shape index (κ3) is 5.56. The minimum Gasteiger partial charge on any atom is -0.348 e. The molecule has 2 N–H and O–H groups in total. The fraction of sp³-hybridized carbons (Fsp3) is 0.381. The molecule has 1 fully saturated rings. The van der Waals surface area contributed by atoms with Gasteiger partial charge < -0.3 is 5.32 Å². The molecule has 1 heterocycles. The minimum absolute atomic E-state index is 0.229. The van der Waals surface area contributed by atoms with Gasteiger partial charge >= 0.3 is 0 Å². The van der Waals surface area contributed by atoms with Gasteiger partial charge in [-0.3, -0.25) is 14.4 Å². The van der Waals surface area contributed by atoms with Crippen LogP contribution in [0.1, 0.15) is 39.9 Å². The highest BCUT2D eigenvalue weighted by molar-refractivity contribution is 7.92. The van der Waals surface area contributed by atoms with Crippen LogP contribution >= 0.6 is 0 Å². The molecule has 0 spiro atoms. The first-order valence-corrected chi connectivity index (χ1v) is 11.4. The predicted molar refractivity (Wildman–Crippen MR) is 112 cm³/mol. The molecule has 1 amide bonds. The Hall–Kier alpha value is -2.38. The molecule has 150 valence electrons. The molecule has 2 aromatic rings. The van der Waals surface area contributed by atoms with Gasteiger partial charge in [-0.05, 0) is 61.7 Å². The van der Waals surface area contributed by atoms with Gasteiger partial charge in [-0.15, -0.1) is 0 Å². The topological polar surface area (TPSA) is 78.5 Å². The van der Waals surface area contributed by atoms with Crippen LogP contribution in [0.4, 0.5) is 5.69 Å². The summed E-state index contributed by atoms with van der Waals surface area (Å²) in [6.45, 7) is 5.38. The summed E-state index contributed by atoms with van der Waals surface area (Å²) in [5, 5.41) is 2.96. The Kier molecular flexibility index (Phi) is 6.36. The van der Waals surface area contributed by atoms with Crippen LogP contribution in [0.2, 0.25) is 0 Å². The second kappa shape index (κ2) is 8.75. The molecule has 0 unspecified atom stereocenters. The summed E-state index contributed by atoms with van der Waals surface area (Å²) in [5.41, 5.74) is 3.94. The number of hydrogen-bond acceptors (Lipinski definition) is 4. The number of carbonyl (C=O) groups excluding carboxylic acids is 1. The highest BCUT2D eigenvalue weighted by atomic mass is 32.2. The molecule has 1 aliphatic heterocycles. The van der Waals surface area contributed by atoms with Crippen molar-refractivity contribution in [1.29, 1.82) is 0 Å². The molecule has 0 aromatic heterocycles. The maximum atomic E-state index is 12.6. The monoisotopic (exact) mass is 401 g/mol. The van der Waals surface area contributed by atoms with Crippen molar-refractivity contribution in [2.45, 2.75) is 32.9 Å². The van der Waals surface area contributed by atoms with Crippen LogP contribution in [0.15, 0.2) is 42.5 Å². The van der Waals surface area contributed by atoms with E-state index in [-0.39, 0.29) is 5.91 Å². The molecule has 2 aromatic carbocycles. The smallest absolute Gasteiger partial charge is 0.251 e. The molecular formula is C21H27N3O3S. The van der Waals surface area contributed by atoms with Gasteiger partial charge in [-0.2, -0.15) is 0 Å². The van der Waals surface area contributed by atoms with E-state index in [9.17, 15) is 13.2 Å². The molecule has 0 aliphatic carbocycles. The van der Waals surface area contributed by atoms with E-state index in [1.54, 1.807) is 25.1 Å². The summed E-state index contributed by atoms with van der Waals surface area (Å²) < 4.78 is 25.5. The van der Waals surface area contributed by atoms with E-state index < -0.39 is 10.0 Å². The van der Waals surface area contributed by atoms with Gasteiger partial charge in [0.25, 0.3) is 5.91 Å². The number of carbonyl (C=O) groups is 1. The Labute approximate surface area is 167 Å². The Bertz CT molecular complexity index is 951. The zero-order valence-corrected chi connectivity index (χ0v) is 17.2. The van der Waals surface area contributed by atoms with E-state index in [0.717, 1.165) is 37.0 Å². The second-order valence-electron chi connectivity index (χ2n) is 7.34. The van der Waals surface area contributed by atoms with Gasteiger partial charge in [-0.1, -0.05) is 30.3 Å². The highest BCUT2D eigenvalue weighted by Gasteiger charge is 2.15. The summed E-state index contributed by atoms with van der Waals surface area (Å²) >= 11 is 0. The average molecular weight is 402 g/mol. The fourth-order valence-electron chi connectivity index (χ4n) is 3.42. The zero-order valence-electron chi connectivity index (χ0n) is 16.4. The van der Waals surface area contributed by atoms with Crippen molar-refractivity contribution in [3.63, 3.8) is 0 Å². The van der Waals surface area contributed by atoms with E-state index in [1.807, 2.05) is 18.2 Å². The molecular weight excluding hydrogens is 374 g/mol. The second-order valence-corrected chi connectivity index (χ2v) is 9.09. The number of amides is 1. The Morgan fingerprint density at radius 1 is 1.07 bits per heavy atom. The van der Waals surface area contributed by atoms with Crippen LogP contribution in [-0.2, 0) is 23.1 Å². The van der Waals surface area contributed by atoms with Crippen LogP contribution < -0.4 is 10.0 Å². The lowest BCUT2D eigenvalue weighted by molar-refractivity contribution is 0.0950. The van der Waals surface area contributed by atoms with Crippen LogP contribution in [-0.4, -0.2) is 38.6 Å². The van der Waals surface area contributed by atoms with Gasteiger partial charge in [0.2, 0.25) is 10.0 Å². The minimum atomic E-state index is -3.40. The van der Waals surface area contributed by atoms with Gasteiger partial charge in [0.05, 0.1) is 11.9 Å². The Morgan fingerprint density at radius 3 is 2.43 bits per heavy atom. The number of sulfonamides is 1. The molecule has 0 radical (unpaired) electrons. The Balaban J connectivity index is 1.68. The van der Waals surface area contributed by atoms with E-state index >= 15 is 0 Å². The lowest BCUT2D eigenvalue weighted by Gasteiger charge is -2.18. The third-order valence-corrected chi connectivity index (χ3v) is 5.54. The van der Waals surface area contributed by atoms with E-state index in [4.69, 9.17) is 0 Å². The molecule has 0 bridgehead atoms. The molecule has 0 saturated carbocycles. The van der Waals surface area contributed by atoms with E-state index in [1.165, 1.54) is 18.4 Å². The summed E-state index contributed by atoms with van der Waals surface area (Å²) in [7, 11) is -3.40. The first-order chi connectivity index (χ1) is 13.3. The summed E-state index contributed by atoms with van der Waals surface area (Å²) in [6.07, 6.45) is 3.59. The highest BCUT2D eigenvalue weighted by Crippen LogP contribution is 2.19. The molecule has 28 heavy (non-hydrogen) atoms. The lowest BCUT2D eigenvalue weighted by atomic mass is 10.1. The first kappa shape index (κ1) is 20.4. The number of rotatable bonds is 7. The first-order valence-electron chi connectivity index (χ1n) is 9.47. The van der Waals surface area contributed by atoms with Crippen molar-refractivity contribution in [1.82, 2.24) is 10.2 Å². The van der Waals surface area contributed by atoms with Crippen molar-refractivity contribution in [3.8, 4) is 0 Å².